The predicted octanol–water partition coefficient (Wildman–Crippen LogP) is 3.42. The predicted molar refractivity (Wildman–Crippen MR) is 90.8 cm³/mol. The number of benzene rings is 2. The van der Waals surface area contributed by atoms with Crippen LogP contribution in [-0.4, -0.2) is 19.2 Å². The van der Waals surface area contributed by atoms with E-state index in [0.717, 1.165) is 28.1 Å². The molecule has 6 nitrogen and oxygen atoms in total. The molecule has 23 heavy (non-hydrogen) atoms. The Labute approximate surface area is 135 Å². The van der Waals surface area contributed by atoms with Gasteiger partial charge in [-0.05, 0) is 37.1 Å². The molecule has 0 spiro atoms. The van der Waals surface area contributed by atoms with Crippen molar-refractivity contribution in [2.24, 2.45) is 15.2 Å². The third kappa shape index (κ3) is 3.37. The number of hydrogen-bond acceptors (Lipinski definition) is 6. The lowest BCUT2D eigenvalue weighted by Crippen LogP contribution is -2.30. The van der Waals surface area contributed by atoms with E-state index in [-0.39, 0.29) is 0 Å². The molecule has 2 N–H and O–H groups in total. The monoisotopic (exact) mass is 309 g/mol. The third-order valence-electron chi connectivity index (χ3n) is 3.61. The molecule has 0 fully saturated rings. The first-order chi connectivity index (χ1) is 11.2. The van der Waals surface area contributed by atoms with Crippen LogP contribution in [0.5, 0.6) is 5.75 Å². The van der Waals surface area contributed by atoms with Crippen LogP contribution in [0.1, 0.15) is 16.7 Å². The number of amidine groups is 1. The Bertz CT molecular complexity index is 732. The average molecular weight is 309 g/mol. The summed E-state index contributed by atoms with van der Waals surface area (Å²) in [6, 6.07) is 13.8. The van der Waals surface area contributed by atoms with E-state index in [0.29, 0.717) is 5.84 Å². The van der Waals surface area contributed by atoms with Gasteiger partial charge in [0.15, 0.2) is 5.84 Å². The van der Waals surface area contributed by atoms with E-state index in [1.165, 1.54) is 0 Å². The molecule has 0 saturated heterocycles. The lowest BCUT2D eigenvalue weighted by atomic mass is 10.1. The summed E-state index contributed by atoms with van der Waals surface area (Å²) in [7, 11) is 1.66. The fourth-order valence-corrected chi connectivity index (χ4v) is 2.43. The first kappa shape index (κ1) is 15.2. The van der Waals surface area contributed by atoms with Crippen molar-refractivity contribution in [3.8, 4) is 5.75 Å². The second-order valence-corrected chi connectivity index (χ2v) is 5.31. The number of hydrazine groups is 1. The standard InChI is InChI=1S/C17H19N5O/c1-11-9-14(23-3)10-12(2)15(11)19-21-17-18-16(20-22-17)13-7-5-4-6-8-13/h4-10,17,19,21H,1-3H3. The topological polar surface area (TPSA) is 70.4 Å². The Balaban J connectivity index is 1.69. The van der Waals surface area contributed by atoms with Crippen molar-refractivity contribution in [1.29, 1.82) is 0 Å². The number of aliphatic imine (C=N–C) groups is 1. The van der Waals surface area contributed by atoms with Crippen LogP contribution in [0.3, 0.4) is 0 Å². The molecule has 6 heteroatoms. The molecule has 118 valence electrons. The van der Waals surface area contributed by atoms with Crippen molar-refractivity contribution in [2.45, 2.75) is 20.1 Å². The quantitative estimate of drug-likeness (QED) is 0.831. The highest BCUT2D eigenvalue weighted by Crippen LogP contribution is 2.25. The zero-order valence-corrected chi connectivity index (χ0v) is 13.4. The second kappa shape index (κ2) is 6.58. The average Bonchev–Trinajstić information content (AvgIpc) is 3.03. The van der Waals surface area contributed by atoms with Crippen LogP contribution in [0.25, 0.3) is 0 Å². The van der Waals surface area contributed by atoms with Crippen molar-refractivity contribution in [3.05, 3.63) is 59.2 Å². The lowest BCUT2D eigenvalue weighted by molar-refractivity contribution is 0.414. The summed E-state index contributed by atoms with van der Waals surface area (Å²) in [6.45, 7) is 4.04. The molecule has 2 aromatic carbocycles. The molecular weight excluding hydrogens is 290 g/mol. The molecule has 1 unspecified atom stereocenters. The smallest absolute Gasteiger partial charge is 0.232 e. The van der Waals surface area contributed by atoms with Gasteiger partial charge in [0.05, 0.1) is 12.8 Å². The van der Waals surface area contributed by atoms with Gasteiger partial charge in [0.2, 0.25) is 6.29 Å². The highest BCUT2D eigenvalue weighted by atomic mass is 16.5. The molecule has 0 bridgehead atoms. The maximum absolute atomic E-state index is 5.27. The van der Waals surface area contributed by atoms with Crippen LogP contribution in [0.15, 0.2) is 57.7 Å². The Morgan fingerprint density at radius 3 is 2.39 bits per heavy atom. The van der Waals surface area contributed by atoms with E-state index in [2.05, 4.69) is 26.1 Å². The van der Waals surface area contributed by atoms with E-state index in [1.54, 1.807) is 7.11 Å². The van der Waals surface area contributed by atoms with Crippen LogP contribution in [0.2, 0.25) is 0 Å². The number of ether oxygens (including phenoxy) is 1. The summed E-state index contributed by atoms with van der Waals surface area (Å²) < 4.78 is 5.27. The number of nitrogens with one attached hydrogen (secondary N) is 2. The summed E-state index contributed by atoms with van der Waals surface area (Å²) in [4.78, 5) is 4.45. The Kier molecular flexibility index (Phi) is 4.34. The maximum atomic E-state index is 5.27. The van der Waals surface area contributed by atoms with Gasteiger partial charge in [-0.25, -0.2) is 4.99 Å². The molecule has 1 heterocycles. The molecule has 3 rings (SSSR count). The molecule has 0 aromatic heterocycles. The van der Waals surface area contributed by atoms with Gasteiger partial charge in [0.25, 0.3) is 0 Å². The summed E-state index contributed by atoms with van der Waals surface area (Å²) in [5.74, 6) is 1.48. The van der Waals surface area contributed by atoms with Crippen molar-refractivity contribution in [3.63, 3.8) is 0 Å². The van der Waals surface area contributed by atoms with Crippen molar-refractivity contribution in [2.75, 3.05) is 12.5 Å². The minimum Gasteiger partial charge on any atom is -0.497 e. The largest absolute Gasteiger partial charge is 0.497 e. The summed E-state index contributed by atoms with van der Waals surface area (Å²) in [6.07, 6.45) is -0.439. The summed E-state index contributed by atoms with van der Waals surface area (Å²) in [5.41, 5.74) is 10.4. The van der Waals surface area contributed by atoms with Crippen molar-refractivity contribution >= 4 is 11.5 Å². The second-order valence-electron chi connectivity index (χ2n) is 5.31. The Morgan fingerprint density at radius 1 is 1.04 bits per heavy atom. The SMILES string of the molecule is COc1cc(C)c(NNC2N=NC(c3ccccc3)=N2)c(C)c1. The first-order valence-corrected chi connectivity index (χ1v) is 7.38. The number of anilines is 1. The Hall–Kier alpha value is -2.73. The number of hydrogen-bond donors (Lipinski definition) is 2. The number of nitrogens with zero attached hydrogens (tertiary/aromatic N) is 3. The molecule has 2 aromatic rings. The molecule has 1 aliphatic rings. The van der Waals surface area contributed by atoms with Crippen LogP contribution in [-0.2, 0) is 0 Å². The maximum Gasteiger partial charge on any atom is 0.232 e. The van der Waals surface area contributed by atoms with Gasteiger partial charge >= 0.3 is 0 Å². The minimum absolute atomic E-state index is 0.439. The fourth-order valence-electron chi connectivity index (χ4n) is 2.43. The fraction of sp³-hybridized carbons (Fsp3) is 0.235. The number of aryl methyl sites for hydroxylation is 2. The van der Waals surface area contributed by atoms with Gasteiger partial charge in [0.1, 0.15) is 5.75 Å². The molecule has 0 amide bonds. The molecule has 0 saturated carbocycles. The van der Waals surface area contributed by atoms with Crippen LogP contribution >= 0.6 is 0 Å². The van der Waals surface area contributed by atoms with E-state index in [1.807, 2.05) is 56.3 Å². The van der Waals surface area contributed by atoms with Crippen molar-refractivity contribution in [1.82, 2.24) is 5.43 Å². The van der Waals surface area contributed by atoms with Crippen LogP contribution in [0.4, 0.5) is 5.69 Å². The molecule has 1 atom stereocenters. The summed E-state index contributed by atoms with van der Waals surface area (Å²) in [5, 5.41) is 8.25. The van der Waals surface area contributed by atoms with E-state index < -0.39 is 6.29 Å². The number of rotatable bonds is 5. The van der Waals surface area contributed by atoms with E-state index >= 15 is 0 Å². The van der Waals surface area contributed by atoms with Gasteiger partial charge < -0.3 is 10.2 Å². The zero-order valence-electron chi connectivity index (χ0n) is 13.4. The minimum atomic E-state index is -0.439. The highest BCUT2D eigenvalue weighted by molar-refractivity contribution is 5.99. The lowest BCUT2D eigenvalue weighted by Gasteiger charge is -2.15. The highest BCUT2D eigenvalue weighted by Gasteiger charge is 2.15. The molecule has 0 aliphatic carbocycles. The molecule has 0 radical (unpaired) electrons. The normalized spacial score (nSPS) is 16.3. The van der Waals surface area contributed by atoms with E-state index in [4.69, 9.17) is 4.74 Å². The summed E-state index contributed by atoms with van der Waals surface area (Å²) >= 11 is 0. The molecule has 1 aliphatic heterocycles. The van der Waals surface area contributed by atoms with Crippen LogP contribution in [0, 0.1) is 13.8 Å². The zero-order chi connectivity index (χ0) is 16.2. The first-order valence-electron chi connectivity index (χ1n) is 7.38. The van der Waals surface area contributed by atoms with E-state index in [9.17, 15) is 0 Å². The van der Waals surface area contributed by atoms with Gasteiger partial charge in [-0.1, -0.05) is 30.3 Å². The molecular formula is C17H19N5O. The van der Waals surface area contributed by atoms with Gasteiger partial charge in [-0.15, -0.1) is 10.2 Å². The van der Waals surface area contributed by atoms with Gasteiger partial charge in [0, 0.05) is 5.56 Å². The van der Waals surface area contributed by atoms with Crippen LogP contribution < -0.4 is 15.6 Å². The number of azo groups is 1. The van der Waals surface area contributed by atoms with Gasteiger partial charge in [-0.2, -0.15) is 5.43 Å². The van der Waals surface area contributed by atoms with Crippen molar-refractivity contribution < 1.29 is 4.74 Å². The number of methoxy groups -OCH3 is 1. The Morgan fingerprint density at radius 2 is 1.74 bits per heavy atom. The van der Waals surface area contributed by atoms with Gasteiger partial charge in [-0.3, -0.25) is 0 Å². The third-order valence-corrected chi connectivity index (χ3v) is 3.61.